The van der Waals surface area contributed by atoms with Crippen molar-refractivity contribution >= 4 is 84.2 Å². The first-order chi connectivity index (χ1) is 29.9. The molecule has 11 rings (SSSR count). The molecule has 3 heterocycles. The van der Waals surface area contributed by atoms with E-state index < -0.39 is 0 Å². The average Bonchev–Trinajstić information content (AvgIpc) is 3.63. The van der Waals surface area contributed by atoms with E-state index in [0.29, 0.717) is 0 Å². The molecule has 0 atom stereocenters. The van der Waals surface area contributed by atoms with Crippen LogP contribution in [-0.2, 0) is 28.1 Å². The van der Waals surface area contributed by atoms with Gasteiger partial charge in [0, 0.05) is 43.7 Å². The summed E-state index contributed by atoms with van der Waals surface area (Å²) in [6, 6.07) is 45.6. The predicted octanol–water partition coefficient (Wildman–Crippen LogP) is 14.6. The third-order valence-electron chi connectivity index (χ3n) is 15.2. The summed E-state index contributed by atoms with van der Waals surface area (Å²) in [4.78, 5) is 6.66. The lowest BCUT2D eigenvalue weighted by Crippen LogP contribution is -2.61. The van der Waals surface area contributed by atoms with Crippen molar-refractivity contribution in [3.05, 3.63) is 165 Å². The minimum Gasteiger partial charge on any atom is -0.311 e. The van der Waals surface area contributed by atoms with Gasteiger partial charge in [-0.05, 0) is 175 Å². The molecule has 4 aliphatic rings. The number of anilines is 6. The maximum absolute atomic E-state index is 2.64. The van der Waals surface area contributed by atoms with Crippen molar-refractivity contribution in [1.82, 2.24) is 0 Å². The summed E-state index contributed by atoms with van der Waals surface area (Å²) in [6.45, 7) is 26.3. The van der Waals surface area contributed by atoms with Crippen LogP contribution in [0.5, 0.6) is 0 Å². The van der Waals surface area contributed by atoms with E-state index in [0.717, 1.165) is 12.8 Å². The smallest absolute Gasteiger partial charge is 0.252 e. The van der Waals surface area contributed by atoms with Crippen LogP contribution in [0.15, 0.2) is 121 Å². The summed E-state index contributed by atoms with van der Waals surface area (Å²) in [7, 11) is 0. The number of aryl methyl sites for hydroxylation is 2. The molecule has 7 aromatic rings. The Morgan fingerprint density at radius 2 is 1.22 bits per heavy atom. The van der Waals surface area contributed by atoms with Crippen molar-refractivity contribution in [2.75, 3.05) is 9.80 Å². The molecule has 0 spiro atoms. The number of hydrogen-bond donors (Lipinski definition) is 0. The lowest BCUT2D eigenvalue weighted by Gasteiger charge is -2.46. The maximum Gasteiger partial charge on any atom is 0.252 e. The normalized spacial score (nSPS) is 17.1. The molecule has 0 amide bonds. The average molecular weight is 841 g/mol. The van der Waals surface area contributed by atoms with E-state index in [1.807, 2.05) is 11.3 Å². The molecule has 2 nitrogen and oxygen atoms in total. The summed E-state index contributed by atoms with van der Waals surface area (Å²) in [5.41, 5.74) is 23.2. The first kappa shape index (κ1) is 40.5. The van der Waals surface area contributed by atoms with E-state index in [9.17, 15) is 0 Å². The minimum absolute atomic E-state index is 0.000340. The Morgan fingerprint density at radius 3 is 1.94 bits per heavy atom. The first-order valence-electron chi connectivity index (χ1n) is 23.4. The Labute approximate surface area is 380 Å². The van der Waals surface area contributed by atoms with Crippen LogP contribution >= 0.6 is 11.3 Å². The molecule has 2 aliphatic carbocycles. The molecule has 6 aromatic carbocycles. The predicted molar refractivity (Wildman–Crippen MR) is 275 cm³/mol. The van der Waals surface area contributed by atoms with E-state index in [2.05, 4.69) is 207 Å². The molecule has 0 bridgehead atoms. The molecule has 4 heteroatoms. The molecule has 0 fully saturated rings. The van der Waals surface area contributed by atoms with Gasteiger partial charge >= 0.3 is 0 Å². The van der Waals surface area contributed by atoms with Gasteiger partial charge in [0.2, 0.25) is 0 Å². The number of hydrogen-bond acceptors (Lipinski definition) is 3. The van der Waals surface area contributed by atoms with Crippen LogP contribution < -0.4 is 26.2 Å². The van der Waals surface area contributed by atoms with Crippen LogP contribution in [0.4, 0.5) is 34.1 Å². The second-order valence-electron chi connectivity index (χ2n) is 22.5. The van der Waals surface area contributed by atoms with Gasteiger partial charge in [-0.1, -0.05) is 136 Å². The number of fused-ring (bicyclic) bond motifs is 8. The number of rotatable bonds is 3. The van der Waals surface area contributed by atoms with Gasteiger partial charge < -0.3 is 9.80 Å². The summed E-state index contributed by atoms with van der Waals surface area (Å²) >= 11 is 1.95. The van der Waals surface area contributed by atoms with E-state index in [1.165, 1.54) is 123 Å². The molecule has 63 heavy (non-hydrogen) atoms. The molecule has 2 aliphatic heterocycles. The van der Waals surface area contributed by atoms with E-state index in [-0.39, 0.29) is 28.4 Å². The number of thiophene rings is 1. The lowest BCUT2D eigenvalue weighted by atomic mass is 9.33. The number of benzene rings is 6. The van der Waals surface area contributed by atoms with Crippen molar-refractivity contribution in [1.29, 1.82) is 0 Å². The Kier molecular flexibility index (Phi) is 8.89. The second-order valence-corrected chi connectivity index (χ2v) is 23.5. The molecule has 0 saturated heterocycles. The molecular weight excluding hydrogens is 780 g/mol. The zero-order chi connectivity index (χ0) is 44.0. The minimum atomic E-state index is -0.000340. The highest BCUT2D eigenvalue weighted by Crippen LogP contribution is 2.51. The van der Waals surface area contributed by atoms with Gasteiger partial charge in [-0.3, -0.25) is 0 Å². The van der Waals surface area contributed by atoms with Crippen LogP contribution in [0.1, 0.15) is 132 Å². The van der Waals surface area contributed by atoms with Gasteiger partial charge in [0.05, 0.1) is 0 Å². The highest BCUT2D eigenvalue weighted by Gasteiger charge is 2.45. The summed E-state index contributed by atoms with van der Waals surface area (Å²) < 4.78 is 1.39. The van der Waals surface area contributed by atoms with Crippen molar-refractivity contribution < 1.29 is 0 Å². The largest absolute Gasteiger partial charge is 0.311 e. The molecule has 316 valence electrons. The van der Waals surface area contributed by atoms with Crippen LogP contribution in [-0.4, -0.2) is 6.71 Å². The van der Waals surface area contributed by atoms with E-state index >= 15 is 0 Å². The molecular formula is C59H61BN2S. The Balaban J connectivity index is 1.14. The molecule has 0 unspecified atom stereocenters. The lowest BCUT2D eigenvalue weighted by molar-refractivity contribution is 0.332. The topological polar surface area (TPSA) is 6.48 Å². The fourth-order valence-electron chi connectivity index (χ4n) is 11.4. The quantitative estimate of drug-likeness (QED) is 0.164. The van der Waals surface area contributed by atoms with E-state index in [1.54, 1.807) is 0 Å². The monoisotopic (exact) mass is 840 g/mol. The highest BCUT2D eigenvalue weighted by molar-refractivity contribution is 7.20. The van der Waals surface area contributed by atoms with Gasteiger partial charge in [0.25, 0.3) is 6.71 Å². The first-order valence-corrected chi connectivity index (χ1v) is 24.2. The molecule has 0 saturated carbocycles. The van der Waals surface area contributed by atoms with Crippen molar-refractivity contribution in [3.63, 3.8) is 0 Å². The maximum atomic E-state index is 2.64. The van der Waals surface area contributed by atoms with Gasteiger partial charge in [0.1, 0.15) is 0 Å². The zero-order valence-corrected chi connectivity index (χ0v) is 40.1. The molecule has 0 N–H and O–H groups in total. The third kappa shape index (κ3) is 6.33. The standard InChI is InChI=1S/C59H61BN2S/c1-36-31-51-54-52(32-36)62(41-25-26-45-46(35-41)59(10,11)30-29-58(45,8)9)50-34-39(57(5,6)7)21-27-47(50)60(54)48-33-38(56(2,3)4)22-28-49(48)61(51)40-23-19-37(20-24-40)42-16-14-17-44-43-15-12-13-18-53(43)63-55(42)44/h12-13,15-16,18-28,31-35H,14,17,29-30H2,1-11H3. The van der Waals surface area contributed by atoms with E-state index in [4.69, 9.17) is 0 Å². The fourth-order valence-corrected chi connectivity index (χ4v) is 12.7. The number of allylic oxidation sites excluding steroid dienone is 1. The number of nitrogens with zero attached hydrogens (tertiary/aromatic N) is 2. The summed E-state index contributed by atoms with van der Waals surface area (Å²) in [5, 5.41) is 1.42. The van der Waals surface area contributed by atoms with Crippen molar-refractivity contribution in [2.45, 2.75) is 124 Å². The van der Waals surface area contributed by atoms with Crippen LogP contribution in [0.25, 0.3) is 15.7 Å². The van der Waals surface area contributed by atoms with Gasteiger partial charge in [0.15, 0.2) is 0 Å². The van der Waals surface area contributed by atoms with Crippen LogP contribution in [0, 0.1) is 6.92 Å². The van der Waals surface area contributed by atoms with Gasteiger partial charge in [-0.25, -0.2) is 0 Å². The summed E-state index contributed by atoms with van der Waals surface area (Å²) in [6.07, 6.45) is 7.05. The van der Waals surface area contributed by atoms with Crippen LogP contribution in [0.2, 0.25) is 0 Å². The molecule has 1 aromatic heterocycles. The second kappa shape index (κ2) is 13.8. The highest BCUT2D eigenvalue weighted by atomic mass is 32.1. The summed E-state index contributed by atoms with van der Waals surface area (Å²) in [5.74, 6) is 0. The molecule has 0 radical (unpaired) electrons. The fraction of sp³-hybridized carbons (Fsp3) is 0.322. The SMILES string of the molecule is Cc1cc2c3c(c1)N(c1ccc4c(c1)C(C)(C)CCC4(C)C)c1cc(C(C)(C)C)ccc1B3c1cc(C(C)(C)C)ccc1N2c1ccc(C2=CCCc3c2sc2ccccc32)cc1. The Bertz CT molecular complexity index is 3050. The van der Waals surface area contributed by atoms with Gasteiger partial charge in [-0.15, -0.1) is 11.3 Å². The van der Waals surface area contributed by atoms with Crippen LogP contribution in [0.3, 0.4) is 0 Å². The zero-order valence-electron chi connectivity index (χ0n) is 39.3. The Morgan fingerprint density at radius 1 is 0.587 bits per heavy atom. The van der Waals surface area contributed by atoms with Crippen molar-refractivity contribution in [3.8, 4) is 0 Å². The van der Waals surface area contributed by atoms with Gasteiger partial charge in [-0.2, -0.15) is 0 Å². The van der Waals surface area contributed by atoms with Crippen molar-refractivity contribution in [2.24, 2.45) is 0 Å². The third-order valence-corrected chi connectivity index (χ3v) is 16.4. The Hall–Kier alpha value is -5.32.